The first-order valence-electron chi connectivity index (χ1n) is 5.09. The van der Waals surface area contributed by atoms with Gasteiger partial charge in [0.2, 0.25) is 0 Å². The Bertz CT molecular complexity index is 562. The van der Waals surface area contributed by atoms with Crippen molar-refractivity contribution in [2.45, 2.75) is 0 Å². The Labute approximate surface area is 136 Å². The summed E-state index contributed by atoms with van der Waals surface area (Å²) in [5.41, 5.74) is 0.747. The summed E-state index contributed by atoms with van der Waals surface area (Å²) in [4.78, 5) is 11.5. The minimum Gasteiger partial charge on any atom is -0.495 e. The van der Waals surface area contributed by atoms with Crippen LogP contribution in [0.1, 0.15) is 5.56 Å². The Balaban J connectivity index is 2.32. The average Bonchev–Trinajstić information content (AvgIpc) is 2.66. The molecule has 8 heteroatoms. The lowest BCUT2D eigenvalue weighted by Crippen LogP contribution is -2.22. The van der Waals surface area contributed by atoms with E-state index in [0.717, 1.165) is 14.5 Å². The molecule has 0 radical (unpaired) electrons. The zero-order valence-corrected chi connectivity index (χ0v) is 14.5. The molecule has 4 nitrogen and oxygen atoms in total. The maximum absolute atomic E-state index is 11.5. The highest BCUT2D eigenvalue weighted by molar-refractivity contribution is 9.11. The molecule has 0 unspecified atom stereocenters. The predicted octanol–water partition coefficient (Wildman–Crippen LogP) is 3.41. The topological polar surface area (TPSA) is 41.9 Å². The molecule has 0 aromatic heterocycles. The number of hydrogen-bond acceptors (Lipinski definition) is 5. The first-order valence-corrected chi connectivity index (χ1v) is 8.07. The molecular formula is C11H8Br2N2O2S2. The predicted molar refractivity (Wildman–Crippen MR) is 87.9 cm³/mol. The van der Waals surface area contributed by atoms with E-state index < -0.39 is 0 Å². The standard InChI is InChI=1S/C11H8Br2N2O2S2/c1-17-10-6(2-7(12)3-8(10)13)4-14-15-9(16)5-19-11(15)18/h2-4H,5H2,1H3/b14-4+. The number of carbonyl (C=O) groups excluding carboxylic acids is 1. The molecule has 19 heavy (non-hydrogen) atoms. The van der Waals surface area contributed by atoms with Gasteiger partial charge in [0.05, 0.1) is 23.5 Å². The van der Waals surface area contributed by atoms with Crippen LogP contribution in [0.4, 0.5) is 0 Å². The minimum absolute atomic E-state index is 0.112. The van der Waals surface area contributed by atoms with Crippen molar-refractivity contribution in [2.24, 2.45) is 5.10 Å². The third-order valence-electron chi connectivity index (χ3n) is 2.28. The Kier molecular flexibility index (Phi) is 4.99. The number of thioether (sulfide) groups is 1. The van der Waals surface area contributed by atoms with Crippen molar-refractivity contribution >= 4 is 72.3 Å². The van der Waals surface area contributed by atoms with Crippen LogP contribution in [0.15, 0.2) is 26.2 Å². The van der Waals surface area contributed by atoms with E-state index in [0.29, 0.717) is 15.8 Å². The van der Waals surface area contributed by atoms with Crippen molar-refractivity contribution in [2.75, 3.05) is 12.9 Å². The van der Waals surface area contributed by atoms with E-state index >= 15 is 0 Å². The maximum atomic E-state index is 11.5. The number of nitrogens with zero attached hydrogens (tertiary/aromatic N) is 2. The van der Waals surface area contributed by atoms with Gasteiger partial charge in [0.15, 0.2) is 4.32 Å². The summed E-state index contributed by atoms with van der Waals surface area (Å²) in [7, 11) is 1.58. The fourth-order valence-electron chi connectivity index (χ4n) is 1.47. The number of hydrazone groups is 1. The molecule has 1 fully saturated rings. The summed E-state index contributed by atoms with van der Waals surface area (Å²) < 4.78 is 7.45. The van der Waals surface area contributed by atoms with Gasteiger partial charge in [0.25, 0.3) is 5.91 Å². The number of carbonyl (C=O) groups is 1. The third kappa shape index (κ3) is 3.36. The Morgan fingerprint density at radius 3 is 2.84 bits per heavy atom. The van der Waals surface area contributed by atoms with Gasteiger partial charge in [-0.15, -0.1) is 0 Å². The second-order valence-corrected chi connectivity index (χ2v) is 6.89. The average molecular weight is 424 g/mol. The third-order valence-corrected chi connectivity index (χ3v) is 4.67. The van der Waals surface area contributed by atoms with Crippen LogP contribution in [-0.4, -0.2) is 34.3 Å². The van der Waals surface area contributed by atoms with Crippen molar-refractivity contribution in [3.8, 4) is 5.75 Å². The summed E-state index contributed by atoms with van der Waals surface area (Å²) in [6, 6.07) is 3.72. The van der Waals surface area contributed by atoms with E-state index in [-0.39, 0.29) is 5.91 Å². The lowest BCUT2D eigenvalue weighted by atomic mass is 10.2. The van der Waals surface area contributed by atoms with Crippen LogP contribution in [0.2, 0.25) is 0 Å². The Hall–Kier alpha value is -0.440. The molecule has 0 aliphatic carbocycles. The highest BCUT2D eigenvalue weighted by Crippen LogP contribution is 2.32. The van der Waals surface area contributed by atoms with E-state index in [1.807, 2.05) is 12.1 Å². The molecular weight excluding hydrogens is 416 g/mol. The van der Waals surface area contributed by atoms with Crippen LogP contribution in [0.3, 0.4) is 0 Å². The fraction of sp³-hybridized carbons (Fsp3) is 0.182. The number of ether oxygens (including phenoxy) is 1. The summed E-state index contributed by atoms with van der Waals surface area (Å²) >= 11 is 13.2. The van der Waals surface area contributed by atoms with Crippen molar-refractivity contribution in [3.63, 3.8) is 0 Å². The molecule has 0 saturated carbocycles. The minimum atomic E-state index is -0.112. The second kappa shape index (κ2) is 6.34. The number of amides is 1. The van der Waals surface area contributed by atoms with Gasteiger partial charge in [0.1, 0.15) is 5.75 Å². The largest absolute Gasteiger partial charge is 0.495 e. The number of hydrogen-bond donors (Lipinski definition) is 0. The van der Waals surface area contributed by atoms with Crippen LogP contribution in [0.25, 0.3) is 0 Å². The zero-order valence-electron chi connectivity index (χ0n) is 9.72. The van der Waals surface area contributed by atoms with Crippen LogP contribution in [0, 0.1) is 0 Å². The quantitative estimate of drug-likeness (QED) is 0.551. The van der Waals surface area contributed by atoms with Gasteiger partial charge in [-0.3, -0.25) is 4.79 Å². The molecule has 1 aromatic rings. The van der Waals surface area contributed by atoms with Crippen LogP contribution >= 0.6 is 55.8 Å². The van der Waals surface area contributed by atoms with Crippen molar-refractivity contribution in [1.82, 2.24) is 5.01 Å². The maximum Gasteiger partial charge on any atom is 0.259 e. The monoisotopic (exact) mass is 422 g/mol. The molecule has 0 atom stereocenters. The molecule has 100 valence electrons. The molecule has 1 heterocycles. The summed E-state index contributed by atoms with van der Waals surface area (Å²) in [5.74, 6) is 0.881. The van der Waals surface area contributed by atoms with Crippen LogP contribution < -0.4 is 4.74 Å². The fourth-order valence-corrected chi connectivity index (χ4v) is 3.86. The van der Waals surface area contributed by atoms with Crippen molar-refractivity contribution < 1.29 is 9.53 Å². The highest BCUT2D eigenvalue weighted by atomic mass is 79.9. The number of benzene rings is 1. The second-order valence-electron chi connectivity index (χ2n) is 3.51. The Morgan fingerprint density at radius 1 is 1.53 bits per heavy atom. The first-order chi connectivity index (χ1) is 9.02. The van der Waals surface area contributed by atoms with E-state index in [1.54, 1.807) is 13.3 Å². The molecule has 0 N–H and O–H groups in total. The summed E-state index contributed by atoms with van der Waals surface area (Å²) in [5, 5.41) is 5.35. The number of halogens is 2. The molecule has 1 amide bonds. The first kappa shape index (κ1) is 15.0. The van der Waals surface area contributed by atoms with E-state index in [1.165, 1.54) is 16.8 Å². The lowest BCUT2D eigenvalue weighted by molar-refractivity contribution is -0.123. The van der Waals surface area contributed by atoms with Gasteiger partial charge >= 0.3 is 0 Å². The molecule has 2 rings (SSSR count). The molecule has 1 aliphatic heterocycles. The van der Waals surface area contributed by atoms with E-state index in [9.17, 15) is 4.79 Å². The Morgan fingerprint density at radius 2 is 2.26 bits per heavy atom. The highest BCUT2D eigenvalue weighted by Gasteiger charge is 2.26. The number of thiocarbonyl (C=S) groups is 1. The van der Waals surface area contributed by atoms with Gasteiger partial charge < -0.3 is 4.74 Å². The number of methoxy groups -OCH3 is 1. The zero-order chi connectivity index (χ0) is 14.0. The molecule has 0 spiro atoms. The van der Waals surface area contributed by atoms with E-state index in [4.69, 9.17) is 17.0 Å². The van der Waals surface area contributed by atoms with E-state index in [2.05, 4.69) is 37.0 Å². The van der Waals surface area contributed by atoms with Gasteiger partial charge in [0, 0.05) is 10.0 Å². The van der Waals surface area contributed by atoms with Gasteiger partial charge in [-0.05, 0) is 28.1 Å². The lowest BCUT2D eigenvalue weighted by Gasteiger charge is -2.10. The molecule has 1 aromatic carbocycles. The van der Waals surface area contributed by atoms with Crippen molar-refractivity contribution in [3.05, 3.63) is 26.6 Å². The van der Waals surface area contributed by atoms with Crippen LogP contribution in [0.5, 0.6) is 5.75 Å². The number of rotatable bonds is 3. The summed E-state index contributed by atoms with van der Waals surface area (Å²) in [6.45, 7) is 0. The van der Waals surface area contributed by atoms with Gasteiger partial charge in [-0.1, -0.05) is 39.9 Å². The van der Waals surface area contributed by atoms with Gasteiger partial charge in [-0.2, -0.15) is 10.1 Å². The molecule has 1 saturated heterocycles. The normalized spacial score (nSPS) is 15.6. The van der Waals surface area contributed by atoms with Gasteiger partial charge in [-0.25, -0.2) is 0 Å². The van der Waals surface area contributed by atoms with Crippen LogP contribution in [-0.2, 0) is 4.79 Å². The molecule has 1 aliphatic rings. The molecule has 0 bridgehead atoms. The smallest absolute Gasteiger partial charge is 0.259 e. The summed E-state index contributed by atoms with van der Waals surface area (Å²) in [6.07, 6.45) is 1.56. The van der Waals surface area contributed by atoms with Crippen molar-refractivity contribution in [1.29, 1.82) is 0 Å². The SMILES string of the molecule is COc1c(Br)cc(Br)cc1/C=N/N1C(=O)CSC1=S.